The fourth-order valence-electron chi connectivity index (χ4n) is 3.70. The molecule has 0 atom stereocenters. The van der Waals surface area contributed by atoms with E-state index >= 15 is 0 Å². The Balaban J connectivity index is 1.45. The number of para-hydroxylation sites is 1. The Hall–Kier alpha value is -3.04. The predicted molar refractivity (Wildman–Crippen MR) is 115 cm³/mol. The summed E-state index contributed by atoms with van der Waals surface area (Å²) >= 11 is 0. The summed E-state index contributed by atoms with van der Waals surface area (Å²) in [5.41, 5.74) is 1.43. The summed E-state index contributed by atoms with van der Waals surface area (Å²) in [5, 5.41) is 0. The lowest BCUT2D eigenvalue weighted by molar-refractivity contribution is -0.128. The van der Waals surface area contributed by atoms with Gasteiger partial charge in [-0.2, -0.15) is 4.31 Å². The molecule has 2 aliphatic rings. The highest BCUT2D eigenvalue weighted by Crippen LogP contribution is 2.31. The van der Waals surface area contributed by atoms with E-state index in [4.69, 9.17) is 14.2 Å². The molecule has 2 heterocycles. The van der Waals surface area contributed by atoms with Crippen LogP contribution in [0.25, 0.3) is 6.08 Å². The number of rotatable bonds is 5. The minimum absolute atomic E-state index is 0.127. The molecule has 9 heteroatoms. The molecule has 0 radical (unpaired) electrons. The second kappa shape index (κ2) is 8.60. The van der Waals surface area contributed by atoms with Crippen molar-refractivity contribution in [2.75, 3.05) is 47.0 Å². The van der Waals surface area contributed by atoms with Crippen LogP contribution in [0, 0.1) is 0 Å². The highest BCUT2D eigenvalue weighted by molar-refractivity contribution is 7.89. The molecule has 31 heavy (non-hydrogen) atoms. The first-order valence-electron chi connectivity index (χ1n) is 9.88. The summed E-state index contributed by atoms with van der Waals surface area (Å²) in [4.78, 5) is 14.7. The summed E-state index contributed by atoms with van der Waals surface area (Å²) in [6.45, 7) is 1.26. The van der Waals surface area contributed by atoms with E-state index in [0.717, 1.165) is 11.3 Å². The zero-order valence-electron chi connectivity index (χ0n) is 17.4. The number of piperazine rings is 1. The Morgan fingerprint density at radius 2 is 1.68 bits per heavy atom. The molecular formula is C22H24N2O6S. The number of fused-ring (bicyclic) bond motifs is 1. The van der Waals surface area contributed by atoms with Gasteiger partial charge in [-0.3, -0.25) is 4.79 Å². The minimum Gasteiger partial charge on any atom is -0.493 e. The van der Waals surface area contributed by atoms with Gasteiger partial charge in [-0.25, -0.2) is 8.42 Å². The zero-order valence-corrected chi connectivity index (χ0v) is 18.2. The summed E-state index contributed by atoms with van der Waals surface area (Å²) in [7, 11) is -0.760. The zero-order chi connectivity index (χ0) is 22.0. The van der Waals surface area contributed by atoms with Gasteiger partial charge in [0.15, 0.2) is 11.5 Å². The van der Waals surface area contributed by atoms with Gasteiger partial charge in [0.25, 0.3) is 5.91 Å². The first-order valence-corrected chi connectivity index (χ1v) is 11.3. The third kappa shape index (κ3) is 4.11. The van der Waals surface area contributed by atoms with E-state index in [0.29, 0.717) is 30.2 Å². The Bertz CT molecular complexity index is 1120. The van der Waals surface area contributed by atoms with Crippen molar-refractivity contribution in [3.63, 3.8) is 0 Å². The molecular weight excluding hydrogens is 420 g/mol. The van der Waals surface area contributed by atoms with E-state index in [2.05, 4.69) is 0 Å². The highest BCUT2D eigenvalue weighted by atomic mass is 32.2. The number of carbonyl (C=O) groups is 1. The average molecular weight is 445 g/mol. The van der Waals surface area contributed by atoms with Crippen LogP contribution in [0.15, 0.2) is 52.9 Å². The minimum atomic E-state index is -3.71. The van der Waals surface area contributed by atoms with Crippen LogP contribution in [0.3, 0.4) is 0 Å². The molecule has 0 saturated carbocycles. The molecule has 2 aromatic carbocycles. The average Bonchev–Trinajstić information content (AvgIpc) is 2.82. The Morgan fingerprint density at radius 1 is 0.968 bits per heavy atom. The smallest absolute Gasteiger partial charge is 0.253 e. The highest BCUT2D eigenvalue weighted by Gasteiger charge is 2.32. The fourth-order valence-corrected chi connectivity index (χ4v) is 5.14. The van der Waals surface area contributed by atoms with Crippen LogP contribution in [0.4, 0.5) is 0 Å². The first-order chi connectivity index (χ1) is 14.9. The molecule has 2 aliphatic heterocycles. The molecule has 0 spiro atoms. The molecule has 0 bridgehead atoms. The van der Waals surface area contributed by atoms with Crippen LogP contribution >= 0.6 is 0 Å². The van der Waals surface area contributed by atoms with Crippen LogP contribution < -0.4 is 14.2 Å². The van der Waals surface area contributed by atoms with Gasteiger partial charge in [0.05, 0.1) is 24.7 Å². The van der Waals surface area contributed by atoms with Crippen LogP contribution in [-0.4, -0.2) is 70.5 Å². The number of hydrogen-bond acceptors (Lipinski definition) is 6. The first kappa shape index (κ1) is 21.2. The lowest BCUT2D eigenvalue weighted by Gasteiger charge is -2.35. The van der Waals surface area contributed by atoms with Crippen LogP contribution in [0.2, 0.25) is 0 Å². The molecule has 4 rings (SSSR count). The molecule has 1 amide bonds. The molecule has 1 fully saturated rings. The largest absolute Gasteiger partial charge is 0.493 e. The monoisotopic (exact) mass is 444 g/mol. The van der Waals surface area contributed by atoms with Crippen LogP contribution in [0.1, 0.15) is 5.56 Å². The molecule has 0 unspecified atom stereocenters. The van der Waals surface area contributed by atoms with Crippen LogP contribution in [0.5, 0.6) is 17.2 Å². The van der Waals surface area contributed by atoms with Crippen LogP contribution in [-0.2, 0) is 14.8 Å². The van der Waals surface area contributed by atoms with Gasteiger partial charge in [-0.1, -0.05) is 18.2 Å². The van der Waals surface area contributed by atoms with Gasteiger partial charge in [-0.15, -0.1) is 0 Å². The van der Waals surface area contributed by atoms with E-state index in [9.17, 15) is 13.2 Å². The number of amides is 1. The lowest BCUT2D eigenvalue weighted by atomic mass is 10.1. The fraction of sp³-hybridized carbons (Fsp3) is 0.318. The Kier molecular flexibility index (Phi) is 5.88. The molecule has 1 saturated heterocycles. The van der Waals surface area contributed by atoms with Gasteiger partial charge in [0.2, 0.25) is 10.0 Å². The molecule has 8 nitrogen and oxygen atoms in total. The molecule has 2 aromatic rings. The van der Waals surface area contributed by atoms with Crippen molar-refractivity contribution < 1.29 is 27.4 Å². The predicted octanol–water partition coefficient (Wildman–Crippen LogP) is 2.01. The van der Waals surface area contributed by atoms with Crippen molar-refractivity contribution in [2.24, 2.45) is 0 Å². The number of hydrogen-bond donors (Lipinski definition) is 0. The molecule has 164 valence electrons. The Labute approximate surface area is 181 Å². The van der Waals surface area contributed by atoms with Crippen molar-refractivity contribution in [2.45, 2.75) is 4.90 Å². The number of benzene rings is 2. The van der Waals surface area contributed by atoms with Crippen molar-refractivity contribution in [3.8, 4) is 17.2 Å². The molecule has 0 N–H and O–H groups in total. The van der Waals surface area contributed by atoms with E-state index in [1.807, 2.05) is 30.3 Å². The second-order valence-electron chi connectivity index (χ2n) is 7.21. The molecule has 0 aromatic heterocycles. The maximum atomic E-state index is 13.1. The second-order valence-corrected chi connectivity index (χ2v) is 9.15. The maximum Gasteiger partial charge on any atom is 0.253 e. The van der Waals surface area contributed by atoms with E-state index in [1.165, 1.54) is 30.7 Å². The summed E-state index contributed by atoms with van der Waals surface area (Å²) in [6.07, 6.45) is 1.84. The lowest BCUT2D eigenvalue weighted by Crippen LogP contribution is -2.51. The standard InChI is InChI=1S/C22H24N2O6S/c1-28-20-8-7-18(14-21(20)29-2)31(26,27)24-11-9-23(10-12-24)22(25)17-13-16-5-3-4-6-19(16)30-15-17/h3-8,13-14H,9-12,15H2,1-2H3. The third-order valence-electron chi connectivity index (χ3n) is 5.43. The van der Waals surface area contributed by atoms with Gasteiger partial charge >= 0.3 is 0 Å². The van der Waals surface area contributed by atoms with Crippen molar-refractivity contribution in [1.82, 2.24) is 9.21 Å². The van der Waals surface area contributed by atoms with Gasteiger partial charge in [0.1, 0.15) is 12.4 Å². The number of sulfonamides is 1. The van der Waals surface area contributed by atoms with Crippen molar-refractivity contribution in [3.05, 3.63) is 53.6 Å². The quantitative estimate of drug-likeness (QED) is 0.702. The summed E-state index contributed by atoms with van der Waals surface area (Å²) < 4.78 is 43.6. The number of ether oxygens (including phenoxy) is 3. The van der Waals surface area contributed by atoms with Gasteiger partial charge < -0.3 is 19.1 Å². The van der Waals surface area contributed by atoms with Crippen molar-refractivity contribution >= 4 is 22.0 Å². The Morgan fingerprint density at radius 3 is 2.39 bits per heavy atom. The van der Waals surface area contributed by atoms with E-state index < -0.39 is 10.0 Å². The van der Waals surface area contributed by atoms with E-state index in [-0.39, 0.29) is 30.5 Å². The van der Waals surface area contributed by atoms with Gasteiger partial charge in [0, 0.05) is 37.8 Å². The maximum absolute atomic E-state index is 13.1. The normalized spacial score (nSPS) is 16.7. The van der Waals surface area contributed by atoms with Gasteiger partial charge in [-0.05, 0) is 24.3 Å². The number of methoxy groups -OCH3 is 2. The molecule has 0 aliphatic carbocycles. The van der Waals surface area contributed by atoms with Crippen molar-refractivity contribution in [1.29, 1.82) is 0 Å². The topological polar surface area (TPSA) is 85.4 Å². The third-order valence-corrected chi connectivity index (χ3v) is 7.32. The number of carbonyl (C=O) groups excluding carboxylic acids is 1. The van der Waals surface area contributed by atoms with E-state index in [1.54, 1.807) is 11.0 Å². The number of nitrogens with zero attached hydrogens (tertiary/aromatic N) is 2. The summed E-state index contributed by atoms with van der Waals surface area (Å²) in [5.74, 6) is 1.44. The summed E-state index contributed by atoms with van der Waals surface area (Å²) in [6, 6.07) is 12.1. The SMILES string of the molecule is COc1ccc(S(=O)(=O)N2CCN(C(=O)C3=Cc4ccccc4OC3)CC2)cc1OC.